The van der Waals surface area contributed by atoms with E-state index in [4.69, 9.17) is 5.73 Å². The van der Waals surface area contributed by atoms with Crippen molar-refractivity contribution >= 4 is 17.3 Å². The fourth-order valence-electron chi connectivity index (χ4n) is 2.08. The molecule has 0 saturated heterocycles. The van der Waals surface area contributed by atoms with E-state index in [-0.39, 0.29) is 17.3 Å². The van der Waals surface area contributed by atoms with Crippen LogP contribution >= 0.6 is 0 Å². The molecule has 0 aliphatic heterocycles. The van der Waals surface area contributed by atoms with Crippen LogP contribution in [0, 0.1) is 24.0 Å². The summed E-state index contributed by atoms with van der Waals surface area (Å²) in [4.78, 5) is 14.4. The van der Waals surface area contributed by atoms with E-state index in [1.54, 1.807) is 0 Å². The topological polar surface area (TPSA) is 112 Å². The summed E-state index contributed by atoms with van der Waals surface area (Å²) in [6, 6.07) is 4.78. The van der Waals surface area contributed by atoms with Crippen molar-refractivity contribution in [3.63, 3.8) is 0 Å². The van der Waals surface area contributed by atoms with Crippen molar-refractivity contribution in [2.24, 2.45) is 0 Å². The molecular formula is C13H18N6O2. The first-order valence-corrected chi connectivity index (χ1v) is 6.63. The molecule has 0 fully saturated rings. The van der Waals surface area contributed by atoms with E-state index >= 15 is 0 Å². The summed E-state index contributed by atoms with van der Waals surface area (Å²) in [6.45, 7) is 5.23. The van der Waals surface area contributed by atoms with Gasteiger partial charge in [0.1, 0.15) is 5.82 Å². The first-order valence-electron chi connectivity index (χ1n) is 6.63. The third-order valence-electron chi connectivity index (χ3n) is 3.03. The van der Waals surface area contributed by atoms with Crippen LogP contribution in [0.25, 0.3) is 0 Å². The molecule has 0 unspecified atom stereocenters. The maximum Gasteiger partial charge on any atom is 0.311 e. The van der Waals surface area contributed by atoms with Gasteiger partial charge in [-0.15, -0.1) is 0 Å². The lowest BCUT2D eigenvalue weighted by atomic mass is 10.3. The molecule has 8 heteroatoms. The molecule has 0 amide bonds. The Kier molecular flexibility index (Phi) is 4.36. The minimum Gasteiger partial charge on any atom is -0.384 e. The standard InChI is InChI=1S/C13H18N6O2/c1-9-8-10(2)18(17-9)7-3-6-15-13-11(19(20)21)4-5-12(14)16-13/h4-5,8H,3,6-7H2,1-2H3,(H3,14,15,16). The van der Waals surface area contributed by atoms with E-state index in [9.17, 15) is 10.1 Å². The normalized spacial score (nSPS) is 10.6. The Balaban J connectivity index is 1.93. The van der Waals surface area contributed by atoms with Crippen LogP contribution in [0.15, 0.2) is 18.2 Å². The summed E-state index contributed by atoms with van der Waals surface area (Å²) in [6.07, 6.45) is 0.773. The van der Waals surface area contributed by atoms with Crippen LogP contribution in [0.1, 0.15) is 17.8 Å². The zero-order valence-corrected chi connectivity index (χ0v) is 12.0. The molecule has 0 aliphatic rings. The van der Waals surface area contributed by atoms with Crippen LogP contribution < -0.4 is 11.1 Å². The van der Waals surface area contributed by atoms with E-state index < -0.39 is 4.92 Å². The Morgan fingerprint density at radius 2 is 2.19 bits per heavy atom. The van der Waals surface area contributed by atoms with Gasteiger partial charge in [0.2, 0.25) is 5.82 Å². The fraction of sp³-hybridized carbons (Fsp3) is 0.385. The van der Waals surface area contributed by atoms with E-state index in [0.29, 0.717) is 6.54 Å². The number of rotatable bonds is 6. The Hall–Kier alpha value is -2.64. The Labute approximate surface area is 122 Å². The van der Waals surface area contributed by atoms with E-state index in [0.717, 1.165) is 24.4 Å². The number of nitrogens with one attached hydrogen (secondary N) is 1. The second-order valence-corrected chi connectivity index (χ2v) is 4.79. The summed E-state index contributed by atoms with van der Waals surface area (Å²) in [5.41, 5.74) is 7.56. The third-order valence-corrected chi connectivity index (χ3v) is 3.03. The molecule has 0 atom stereocenters. The van der Waals surface area contributed by atoms with Crippen molar-refractivity contribution in [2.75, 3.05) is 17.6 Å². The second-order valence-electron chi connectivity index (χ2n) is 4.79. The smallest absolute Gasteiger partial charge is 0.311 e. The molecule has 2 heterocycles. The number of aromatic nitrogens is 3. The first-order chi connectivity index (χ1) is 9.97. The monoisotopic (exact) mass is 290 g/mol. The highest BCUT2D eigenvalue weighted by molar-refractivity contribution is 5.59. The van der Waals surface area contributed by atoms with Crippen LogP contribution in [0.3, 0.4) is 0 Å². The highest BCUT2D eigenvalue weighted by Gasteiger charge is 2.14. The van der Waals surface area contributed by atoms with Crippen molar-refractivity contribution in [3.8, 4) is 0 Å². The highest BCUT2D eigenvalue weighted by atomic mass is 16.6. The Morgan fingerprint density at radius 3 is 2.81 bits per heavy atom. The van der Waals surface area contributed by atoms with E-state index in [1.807, 2.05) is 24.6 Å². The van der Waals surface area contributed by atoms with Crippen molar-refractivity contribution < 1.29 is 4.92 Å². The molecule has 3 N–H and O–H groups in total. The van der Waals surface area contributed by atoms with Gasteiger partial charge < -0.3 is 11.1 Å². The minimum atomic E-state index is -0.476. The molecular weight excluding hydrogens is 272 g/mol. The zero-order valence-electron chi connectivity index (χ0n) is 12.0. The highest BCUT2D eigenvalue weighted by Crippen LogP contribution is 2.22. The van der Waals surface area contributed by atoms with Gasteiger partial charge in [0.25, 0.3) is 0 Å². The lowest BCUT2D eigenvalue weighted by Crippen LogP contribution is -2.11. The van der Waals surface area contributed by atoms with Crippen molar-refractivity contribution in [1.82, 2.24) is 14.8 Å². The summed E-state index contributed by atoms with van der Waals surface area (Å²) in [7, 11) is 0. The number of aryl methyl sites for hydroxylation is 3. The molecule has 0 spiro atoms. The molecule has 0 aromatic carbocycles. The number of anilines is 2. The number of nitrogen functional groups attached to an aromatic ring is 1. The van der Waals surface area contributed by atoms with Crippen LogP contribution in [0.4, 0.5) is 17.3 Å². The number of nitrogens with two attached hydrogens (primary N) is 1. The molecule has 0 aliphatic carbocycles. The second kappa shape index (κ2) is 6.21. The molecule has 0 saturated carbocycles. The summed E-state index contributed by atoms with van der Waals surface area (Å²) >= 11 is 0. The maximum atomic E-state index is 10.9. The van der Waals surface area contributed by atoms with Gasteiger partial charge in [0.15, 0.2) is 0 Å². The van der Waals surface area contributed by atoms with Gasteiger partial charge in [-0.1, -0.05) is 0 Å². The summed E-state index contributed by atoms with van der Waals surface area (Å²) in [5.74, 6) is 0.454. The van der Waals surface area contributed by atoms with Crippen molar-refractivity contribution in [2.45, 2.75) is 26.8 Å². The van der Waals surface area contributed by atoms with Gasteiger partial charge in [-0.05, 0) is 32.4 Å². The summed E-state index contributed by atoms with van der Waals surface area (Å²) in [5, 5.41) is 18.2. The predicted molar refractivity (Wildman–Crippen MR) is 80.1 cm³/mol. The Morgan fingerprint density at radius 1 is 1.43 bits per heavy atom. The molecule has 2 rings (SSSR count). The molecule has 21 heavy (non-hydrogen) atoms. The number of hydrogen-bond acceptors (Lipinski definition) is 6. The lowest BCUT2D eigenvalue weighted by Gasteiger charge is -2.08. The van der Waals surface area contributed by atoms with Gasteiger partial charge in [0, 0.05) is 24.8 Å². The molecule has 0 radical (unpaired) electrons. The number of hydrogen-bond donors (Lipinski definition) is 2. The minimum absolute atomic E-state index is 0.0738. The lowest BCUT2D eigenvalue weighted by molar-refractivity contribution is -0.384. The van der Waals surface area contributed by atoms with Crippen molar-refractivity contribution in [3.05, 3.63) is 39.7 Å². The molecule has 8 nitrogen and oxygen atoms in total. The van der Waals surface area contributed by atoms with Gasteiger partial charge >= 0.3 is 5.69 Å². The average Bonchev–Trinajstić information content (AvgIpc) is 2.73. The summed E-state index contributed by atoms with van der Waals surface area (Å²) < 4.78 is 1.91. The van der Waals surface area contributed by atoms with E-state index in [1.165, 1.54) is 12.1 Å². The predicted octanol–water partition coefficient (Wildman–Crippen LogP) is 1.89. The number of nitrogens with zero attached hydrogens (tertiary/aromatic N) is 4. The molecule has 2 aromatic rings. The fourth-order valence-corrected chi connectivity index (χ4v) is 2.08. The van der Waals surface area contributed by atoms with E-state index in [2.05, 4.69) is 15.4 Å². The average molecular weight is 290 g/mol. The van der Waals surface area contributed by atoms with Crippen LogP contribution in [0.5, 0.6) is 0 Å². The SMILES string of the molecule is Cc1cc(C)n(CCCNc2nc(N)ccc2[N+](=O)[O-])n1. The first kappa shape index (κ1) is 14.8. The van der Waals surface area contributed by atoms with Crippen LogP contribution in [-0.4, -0.2) is 26.2 Å². The van der Waals surface area contributed by atoms with Gasteiger partial charge in [-0.2, -0.15) is 5.10 Å². The molecule has 112 valence electrons. The van der Waals surface area contributed by atoms with Crippen LogP contribution in [-0.2, 0) is 6.54 Å². The number of pyridine rings is 1. The van der Waals surface area contributed by atoms with Gasteiger partial charge in [-0.25, -0.2) is 4.98 Å². The van der Waals surface area contributed by atoms with Gasteiger partial charge in [0.05, 0.1) is 10.6 Å². The van der Waals surface area contributed by atoms with Crippen LogP contribution in [0.2, 0.25) is 0 Å². The van der Waals surface area contributed by atoms with Crippen molar-refractivity contribution in [1.29, 1.82) is 0 Å². The Bertz CT molecular complexity index is 652. The third kappa shape index (κ3) is 3.68. The van der Waals surface area contributed by atoms with Gasteiger partial charge in [-0.3, -0.25) is 14.8 Å². The molecule has 0 bridgehead atoms. The molecule has 2 aromatic heterocycles. The number of nitro groups is 1. The largest absolute Gasteiger partial charge is 0.384 e. The maximum absolute atomic E-state index is 10.9. The quantitative estimate of drug-likeness (QED) is 0.477. The zero-order chi connectivity index (χ0) is 15.4.